The molecule has 0 radical (unpaired) electrons. The van der Waals surface area contributed by atoms with Gasteiger partial charge in [-0.1, -0.05) is 6.92 Å². The van der Waals surface area contributed by atoms with Crippen molar-refractivity contribution in [2.24, 2.45) is 0 Å². The van der Waals surface area contributed by atoms with Crippen LogP contribution in [-0.2, 0) is 6.54 Å². The van der Waals surface area contributed by atoms with Gasteiger partial charge in [0, 0.05) is 19.3 Å². The molecule has 0 aliphatic carbocycles. The van der Waals surface area contributed by atoms with E-state index in [2.05, 4.69) is 10.3 Å². The Morgan fingerprint density at radius 2 is 2.06 bits per heavy atom. The molecule has 0 saturated heterocycles. The number of nitrogens with one attached hydrogen (secondary N) is 1. The predicted octanol–water partition coefficient (Wildman–Crippen LogP) is 2.69. The van der Waals surface area contributed by atoms with Crippen molar-refractivity contribution in [1.82, 2.24) is 10.3 Å². The molecule has 5 heteroatoms. The van der Waals surface area contributed by atoms with Gasteiger partial charge in [-0.3, -0.25) is 4.90 Å². The molecule has 0 spiro atoms. The molecule has 2 rings (SSSR count). The molecule has 0 bridgehead atoms. The lowest BCUT2D eigenvalue weighted by Gasteiger charge is -2.13. The molecule has 2 aromatic rings. The average Bonchev–Trinajstić information content (AvgIpc) is 2.85. The van der Waals surface area contributed by atoms with Gasteiger partial charge < -0.3 is 9.73 Å². The molecule has 0 amide bonds. The van der Waals surface area contributed by atoms with E-state index in [0.717, 1.165) is 17.9 Å². The number of anilines is 2. The monoisotopic (exact) mass is 249 g/mol. The Morgan fingerprint density at radius 1 is 1.33 bits per heavy atom. The fourth-order valence-electron chi connectivity index (χ4n) is 1.56. The number of benzene rings is 1. The molecule has 1 N–H and O–H groups in total. The van der Waals surface area contributed by atoms with Crippen molar-refractivity contribution in [3.8, 4) is 0 Å². The number of aromatic nitrogens is 1. The van der Waals surface area contributed by atoms with E-state index in [-0.39, 0.29) is 5.82 Å². The molecule has 0 aliphatic rings. The first-order valence-corrected chi connectivity index (χ1v) is 5.85. The van der Waals surface area contributed by atoms with Gasteiger partial charge in [-0.25, -0.2) is 4.39 Å². The molecule has 0 aliphatic heterocycles. The van der Waals surface area contributed by atoms with E-state index in [0.29, 0.717) is 12.6 Å². The van der Waals surface area contributed by atoms with Crippen LogP contribution in [0.2, 0.25) is 0 Å². The highest BCUT2D eigenvalue weighted by atomic mass is 19.1. The first-order valence-electron chi connectivity index (χ1n) is 5.85. The quantitative estimate of drug-likeness (QED) is 0.884. The summed E-state index contributed by atoms with van der Waals surface area (Å²) in [4.78, 5) is 6.12. The Bertz CT molecular complexity index is 495. The lowest BCUT2D eigenvalue weighted by Crippen LogP contribution is -2.13. The Hall–Kier alpha value is -1.88. The van der Waals surface area contributed by atoms with Crippen molar-refractivity contribution in [2.45, 2.75) is 13.5 Å². The zero-order valence-electron chi connectivity index (χ0n) is 10.5. The van der Waals surface area contributed by atoms with Gasteiger partial charge in [0.2, 0.25) is 0 Å². The summed E-state index contributed by atoms with van der Waals surface area (Å²) in [5, 5.41) is 3.17. The third-order valence-electron chi connectivity index (χ3n) is 2.60. The molecule has 0 unspecified atom stereocenters. The zero-order chi connectivity index (χ0) is 13.0. The third kappa shape index (κ3) is 2.87. The lowest BCUT2D eigenvalue weighted by molar-refractivity contribution is 0.558. The molecular weight excluding hydrogens is 233 g/mol. The fourth-order valence-corrected chi connectivity index (χ4v) is 1.56. The summed E-state index contributed by atoms with van der Waals surface area (Å²) >= 11 is 0. The predicted molar refractivity (Wildman–Crippen MR) is 68.3 cm³/mol. The van der Waals surface area contributed by atoms with Crippen LogP contribution in [0, 0.1) is 5.82 Å². The molecule has 18 heavy (non-hydrogen) atoms. The highest BCUT2D eigenvalue weighted by Gasteiger charge is 2.10. The third-order valence-corrected chi connectivity index (χ3v) is 2.60. The minimum atomic E-state index is -0.257. The number of nitrogens with zero attached hydrogens (tertiary/aromatic N) is 2. The second-order valence-corrected chi connectivity index (χ2v) is 3.94. The Morgan fingerprint density at radius 3 is 2.72 bits per heavy atom. The maximum atomic E-state index is 12.8. The first kappa shape index (κ1) is 12.6. The standard InChI is InChI=1S/C13H16FN3O/c1-3-15-8-11-9-18-13(16-11)17(2)12-6-4-10(14)5-7-12/h4-7,9,15H,3,8H2,1-2H3. The average molecular weight is 249 g/mol. The summed E-state index contributed by atoms with van der Waals surface area (Å²) in [5.41, 5.74) is 1.68. The van der Waals surface area contributed by atoms with E-state index in [4.69, 9.17) is 4.42 Å². The smallest absolute Gasteiger partial charge is 0.301 e. The highest BCUT2D eigenvalue weighted by molar-refractivity contribution is 5.54. The summed E-state index contributed by atoms with van der Waals surface area (Å²) in [6.45, 7) is 3.60. The Kier molecular flexibility index (Phi) is 3.94. The van der Waals surface area contributed by atoms with Gasteiger partial charge in [0.15, 0.2) is 0 Å². The van der Waals surface area contributed by atoms with Crippen molar-refractivity contribution in [2.75, 3.05) is 18.5 Å². The molecule has 4 nitrogen and oxygen atoms in total. The van der Waals surface area contributed by atoms with E-state index in [9.17, 15) is 4.39 Å². The van der Waals surface area contributed by atoms with E-state index >= 15 is 0 Å². The number of hydrogen-bond donors (Lipinski definition) is 1. The second-order valence-electron chi connectivity index (χ2n) is 3.94. The number of rotatable bonds is 5. The van der Waals surface area contributed by atoms with Crippen LogP contribution >= 0.6 is 0 Å². The lowest BCUT2D eigenvalue weighted by atomic mass is 10.3. The summed E-state index contributed by atoms with van der Waals surface area (Å²) in [6, 6.07) is 6.69. The van der Waals surface area contributed by atoms with Gasteiger partial charge in [-0.2, -0.15) is 4.98 Å². The van der Waals surface area contributed by atoms with Crippen molar-refractivity contribution in [1.29, 1.82) is 0 Å². The van der Waals surface area contributed by atoms with Gasteiger partial charge in [-0.05, 0) is 30.8 Å². The maximum Gasteiger partial charge on any atom is 0.301 e. The minimum absolute atomic E-state index is 0.257. The summed E-state index contributed by atoms with van der Waals surface area (Å²) in [5.74, 6) is -0.257. The summed E-state index contributed by atoms with van der Waals surface area (Å²) in [7, 11) is 1.83. The van der Waals surface area contributed by atoms with Crippen LogP contribution in [-0.4, -0.2) is 18.6 Å². The van der Waals surface area contributed by atoms with Gasteiger partial charge in [0.25, 0.3) is 0 Å². The van der Waals surface area contributed by atoms with Crippen molar-refractivity contribution < 1.29 is 8.81 Å². The van der Waals surface area contributed by atoms with E-state index in [1.54, 1.807) is 23.3 Å². The van der Waals surface area contributed by atoms with Crippen molar-refractivity contribution >= 4 is 11.7 Å². The molecule has 1 aromatic heterocycles. The minimum Gasteiger partial charge on any atom is -0.431 e. The van der Waals surface area contributed by atoms with Gasteiger partial charge in [0.1, 0.15) is 12.1 Å². The van der Waals surface area contributed by atoms with Crippen molar-refractivity contribution in [3.63, 3.8) is 0 Å². The number of halogens is 1. The first-order chi connectivity index (χ1) is 8.70. The van der Waals surface area contributed by atoms with E-state index in [1.807, 2.05) is 14.0 Å². The molecular formula is C13H16FN3O. The molecule has 0 saturated carbocycles. The number of oxazole rings is 1. The Labute approximate surface area is 105 Å². The van der Waals surface area contributed by atoms with E-state index in [1.165, 1.54) is 12.1 Å². The van der Waals surface area contributed by atoms with Crippen LogP contribution in [0.3, 0.4) is 0 Å². The van der Waals surface area contributed by atoms with Crippen LogP contribution in [0.5, 0.6) is 0 Å². The molecule has 1 aromatic carbocycles. The van der Waals surface area contributed by atoms with Crippen molar-refractivity contribution in [3.05, 3.63) is 42.0 Å². The molecule has 0 fully saturated rings. The normalized spacial score (nSPS) is 10.6. The summed E-state index contributed by atoms with van der Waals surface area (Å²) < 4.78 is 18.2. The van der Waals surface area contributed by atoms with Gasteiger partial charge in [-0.15, -0.1) is 0 Å². The summed E-state index contributed by atoms with van der Waals surface area (Å²) in [6.07, 6.45) is 1.62. The van der Waals surface area contributed by atoms with Crippen LogP contribution in [0.15, 0.2) is 34.9 Å². The zero-order valence-corrected chi connectivity index (χ0v) is 10.5. The van der Waals surface area contributed by atoms with Gasteiger partial charge >= 0.3 is 6.01 Å². The SMILES string of the molecule is CCNCc1coc(N(C)c2ccc(F)cc2)n1. The topological polar surface area (TPSA) is 41.3 Å². The van der Waals surface area contributed by atoms with E-state index < -0.39 is 0 Å². The van der Waals surface area contributed by atoms with Crippen LogP contribution in [0.1, 0.15) is 12.6 Å². The van der Waals surface area contributed by atoms with Crippen LogP contribution < -0.4 is 10.2 Å². The van der Waals surface area contributed by atoms with Crippen LogP contribution in [0.25, 0.3) is 0 Å². The second kappa shape index (κ2) is 5.64. The fraction of sp³-hybridized carbons (Fsp3) is 0.308. The molecule has 96 valence electrons. The largest absolute Gasteiger partial charge is 0.431 e. The number of hydrogen-bond acceptors (Lipinski definition) is 4. The van der Waals surface area contributed by atoms with Crippen LogP contribution in [0.4, 0.5) is 16.1 Å². The van der Waals surface area contributed by atoms with Gasteiger partial charge in [0.05, 0.1) is 5.69 Å². The Balaban J connectivity index is 2.10. The molecule has 1 heterocycles. The molecule has 0 atom stereocenters. The maximum absolute atomic E-state index is 12.8. The highest BCUT2D eigenvalue weighted by Crippen LogP contribution is 2.22.